The van der Waals surface area contributed by atoms with Crippen LogP contribution in [0.5, 0.6) is 11.5 Å². The maximum absolute atomic E-state index is 13.7. The summed E-state index contributed by atoms with van der Waals surface area (Å²) in [5.41, 5.74) is 0.0988. The first kappa shape index (κ1) is 25.0. The SMILES string of the molecule is COc1cc(/C=C2\C(=O)NC(=O)N(c3ccc(F)cc3)C2=O)ccc1OCC(=O)Nc1ccccc1F. The van der Waals surface area contributed by atoms with Gasteiger partial charge in [0.1, 0.15) is 17.2 Å². The van der Waals surface area contributed by atoms with Crippen LogP contribution in [0.25, 0.3) is 6.08 Å². The molecule has 1 saturated heterocycles. The molecule has 188 valence electrons. The number of hydrogen-bond acceptors (Lipinski definition) is 6. The summed E-state index contributed by atoms with van der Waals surface area (Å²) in [4.78, 5) is 50.5. The molecule has 37 heavy (non-hydrogen) atoms. The predicted octanol–water partition coefficient (Wildman–Crippen LogP) is 3.66. The van der Waals surface area contributed by atoms with Gasteiger partial charge in [-0.05, 0) is 60.2 Å². The van der Waals surface area contributed by atoms with Gasteiger partial charge in [0.15, 0.2) is 18.1 Å². The second-order valence-corrected chi connectivity index (χ2v) is 7.66. The van der Waals surface area contributed by atoms with Crippen LogP contribution < -0.4 is 25.0 Å². The lowest BCUT2D eigenvalue weighted by molar-refractivity contribution is -0.122. The zero-order valence-electron chi connectivity index (χ0n) is 19.3. The quantitative estimate of drug-likeness (QED) is 0.373. The van der Waals surface area contributed by atoms with E-state index in [2.05, 4.69) is 10.6 Å². The van der Waals surface area contributed by atoms with E-state index < -0.39 is 42.0 Å². The van der Waals surface area contributed by atoms with Crippen LogP contribution in [-0.2, 0) is 14.4 Å². The van der Waals surface area contributed by atoms with E-state index in [-0.39, 0.29) is 28.4 Å². The molecule has 3 aromatic carbocycles. The van der Waals surface area contributed by atoms with Gasteiger partial charge in [-0.2, -0.15) is 0 Å². The summed E-state index contributed by atoms with van der Waals surface area (Å²) in [6, 6.07) is 13.7. The molecule has 9 nitrogen and oxygen atoms in total. The van der Waals surface area contributed by atoms with Gasteiger partial charge in [0.2, 0.25) is 0 Å². The van der Waals surface area contributed by atoms with E-state index in [4.69, 9.17) is 9.47 Å². The Bertz CT molecular complexity index is 1420. The number of hydrogen-bond donors (Lipinski definition) is 2. The monoisotopic (exact) mass is 507 g/mol. The third-order valence-electron chi connectivity index (χ3n) is 5.19. The van der Waals surface area contributed by atoms with Gasteiger partial charge in [-0.15, -0.1) is 0 Å². The highest BCUT2D eigenvalue weighted by Crippen LogP contribution is 2.30. The summed E-state index contributed by atoms with van der Waals surface area (Å²) in [7, 11) is 1.35. The van der Waals surface area contributed by atoms with E-state index in [0.717, 1.165) is 17.0 Å². The topological polar surface area (TPSA) is 114 Å². The minimum Gasteiger partial charge on any atom is -0.493 e. The molecule has 5 amide bonds. The Morgan fingerprint density at radius 3 is 2.43 bits per heavy atom. The number of para-hydroxylation sites is 1. The van der Waals surface area contributed by atoms with Gasteiger partial charge in [0, 0.05) is 0 Å². The van der Waals surface area contributed by atoms with Crippen LogP contribution >= 0.6 is 0 Å². The third kappa shape index (κ3) is 5.61. The number of anilines is 2. The zero-order valence-corrected chi connectivity index (χ0v) is 19.3. The largest absolute Gasteiger partial charge is 0.493 e. The Balaban J connectivity index is 1.51. The number of nitrogens with one attached hydrogen (secondary N) is 2. The molecule has 1 fully saturated rings. The maximum atomic E-state index is 13.7. The van der Waals surface area contributed by atoms with Crippen LogP contribution in [0.15, 0.2) is 72.3 Å². The van der Waals surface area contributed by atoms with Crippen LogP contribution in [0, 0.1) is 11.6 Å². The molecule has 0 atom stereocenters. The molecule has 0 radical (unpaired) electrons. The summed E-state index contributed by atoms with van der Waals surface area (Å²) >= 11 is 0. The Morgan fingerprint density at radius 2 is 1.73 bits per heavy atom. The summed E-state index contributed by atoms with van der Waals surface area (Å²) < 4.78 is 37.7. The van der Waals surface area contributed by atoms with Gasteiger partial charge in [0.05, 0.1) is 18.5 Å². The van der Waals surface area contributed by atoms with Crippen molar-refractivity contribution in [1.82, 2.24) is 5.32 Å². The maximum Gasteiger partial charge on any atom is 0.335 e. The smallest absolute Gasteiger partial charge is 0.335 e. The van der Waals surface area contributed by atoms with Gasteiger partial charge in [-0.1, -0.05) is 18.2 Å². The molecule has 0 bridgehead atoms. The van der Waals surface area contributed by atoms with E-state index >= 15 is 0 Å². The number of carbonyl (C=O) groups excluding carboxylic acids is 4. The van der Waals surface area contributed by atoms with Gasteiger partial charge in [-0.3, -0.25) is 19.7 Å². The van der Waals surface area contributed by atoms with Crippen LogP contribution in [0.1, 0.15) is 5.56 Å². The van der Waals surface area contributed by atoms with E-state index in [1.807, 2.05) is 0 Å². The number of carbonyl (C=O) groups is 4. The molecule has 1 aliphatic heterocycles. The summed E-state index contributed by atoms with van der Waals surface area (Å²) in [5, 5.41) is 4.47. The fourth-order valence-electron chi connectivity index (χ4n) is 3.43. The molecule has 3 aromatic rings. The average molecular weight is 507 g/mol. The highest BCUT2D eigenvalue weighted by molar-refractivity contribution is 6.39. The molecule has 0 saturated carbocycles. The fourth-order valence-corrected chi connectivity index (χ4v) is 3.43. The number of rotatable bonds is 7. The first-order valence-electron chi connectivity index (χ1n) is 10.8. The Kier molecular flexibility index (Phi) is 7.23. The normalized spacial score (nSPS) is 14.4. The second-order valence-electron chi connectivity index (χ2n) is 7.66. The Labute approximate surface area is 209 Å². The number of amides is 5. The van der Waals surface area contributed by atoms with Crippen molar-refractivity contribution in [2.45, 2.75) is 0 Å². The van der Waals surface area contributed by atoms with E-state index in [0.29, 0.717) is 5.56 Å². The number of barbiturate groups is 1. The first-order valence-corrected chi connectivity index (χ1v) is 10.8. The number of halogens is 2. The average Bonchev–Trinajstić information content (AvgIpc) is 2.88. The molecule has 2 N–H and O–H groups in total. The Hall–Kier alpha value is -5.06. The molecule has 0 aliphatic carbocycles. The van der Waals surface area contributed by atoms with E-state index in [9.17, 15) is 28.0 Å². The van der Waals surface area contributed by atoms with Crippen LogP contribution in [-0.4, -0.2) is 37.5 Å². The number of nitrogens with zero attached hydrogens (tertiary/aromatic N) is 1. The number of benzene rings is 3. The lowest BCUT2D eigenvalue weighted by atomic mass is 10.1. The van der Waals surface area contributed by atoms with Crippen molar-refractivity contribution >= 4 is 41.2 Å². The fraction of sp³-hybridized carbons (Fsp3) is 0.0769. The lowest BCUT2D eigenvalue weighted by Crippen LogP contribution is -2.54. The zero-order chi connectivity index (χ0) is 26.5. The highest BCUT2D eigenvalue weighted by Gasteiger charge is 2.36. The van der Waals surface area contributed by atoms with Crippen LogP contribution in [0.4, 0.5) is 25.0 Å². The van der Waals surface area contributed by atoms with E-state index in [1.54, 1.807) is 6.07 Å². The van der Waals surface area contributed by atoms with Crippen molar-refractivity contribution in [2.24, 2.45) is 0 Å². The molecule has 11 heteroatoms. The van der Waals surface area contributed by atoms with E-state index in [1.165, 1.54) is 61.7 Å². The van der Waals surface area contributed by atoms with Gasteiger partial charge >= 0.3 is 6.03 Å². The van der Waals surface area contributed by atoms with Crippen molar-refractivity contribution in [3.05, 3.63) is 89.5 Å². The number of urea groups is 1. The molecule has 0 spiro atoms. The van der Waals surface area contributed by atoms with Crippen molar-refractivity contribution < 1.29 is 37.4 Å². The molecule has 4 rings (SSSR count). The second kappa shape index (κ2) is 10.7. The first-order chi connectivity index (χ1) is 17.8. The predicted molar refractivity (Wildman–Crippen MR) is 129 cm³/mol. The number of imide groups is 2. The van der Waals surface area contributed by atoms with Gasteiger partial charge in [0.25, 0.3) is 17.7 Å². The Morgan fingerprint density at radius 1 is 1.00 bits per heavy atom. The van der Waals surface area contributed by atoms with Crippen molar-refractivity contribution in [1.29, 1.82) is 0 Å². The van der Waals surface area contributed by atoms with Gasteiger partial charge < -0.3 is 14.8 Å². The van der Waals surface area contributed by atoms with Crippen molar-refractivity contribution in [3.63, 3.8) is 0 Å². The highest BCUT2D eigenvalue weighted by atomic mass is 19.1. The summed E-state index contributed by atoms with van der Waals surface area (Å²) in [6.07, 6.45) is 1.25. The number of methoxy groups -OCH3 is 1. The van der Waals surface area contributed by atoms with Crippen LogP contribution in [0.3, 0.4) is 0 Å². The van der Waals surface area contributed by atoms with Crippen molar-refractivity contribution in [2.75, 3.05) is 23.9 Å². The van der Waals surface area contributed by atoms with Crippen LogP contribution in [0.2, 0.25) is 0 Å². The third-order valence-corrected chi connectivity index (χ3v) is 5.19. The molecule has 0 aromatic heterocycles. The minimum absolute atomic E-state index is 0.00799. The summed E-state index contributed by atoms with van der Waals surface area (Å²) in [5.74, 6) is -3.19. The minimum atomic E-state index is -0.964. The number of ether oxygens (including phenoxy) is 2. The molecule has 1 heterocycles. The molecule has 1 aliphatic rings. The molecular weight excluding hydrogens is 488 g/mol. The summed E-state index contributed by atoms with van der Waals surface area (Å²) in [6.45, 7) is -0.444. The molecule has 0 unspecified atom stereocenters. The van der Waals surface area contributed by atoms with Gasteiger partial charge in [-0.25, -0.2) is 18.5 Å². The standard InChI is InChI=1S/C26H19F2N3O6/c1-36-22-13-15(6-11-21(22)37-14-23(32)29-20-5-3-2-4-19(20)28)12-18-24(33)30-26(35)31(25(18)34)17-9-7-16(27)8-10-17/h2-13H,14H2,1H3,(H,29,32)(H,30,33,35)/b18-12+. The lowest BCUT2D eigenvalue weighted by Gasteiger charge is -2.26. The van der Waals surface area contributed by atoms with Crippen molar-refractivity contribution in [3.8, 4) is 11.5 Å². The molecular formula is C26H19F2N3O6.